The lowest BCUT2D eigenvalue weighted by Crippen LogP contribution is -2.38. The van der Waals surface area contributed by atoms with Crippen molar-refractivity contribution in [3.05, 3.63) is 23.4 Å². The van der Waals surface area contributed by atoms with Crippen molar-refractivity contribution in [3.63, 3.8) is 0 Å². The van der Waals surface area contributed by atoms with Gasteiger partial charge in [0.15, 0.2) is 0 Å². The SMILES string of the molecule is Cc1c[nH]c2nc(OCCN3CCOCC3)c(C(C)(C)C)cc12. The van der Waals surface area contributed by atoms with Crippen LogP contribution in [0.1, 0.15) is 31.9 Å². The third-order valence-electron chi connectivity index (χ3n) is 4.40. The van der Waals surface area contributed by atoms with Gasteiger partial charge in [-0.1, -0.05) is 20.8 Å². The number of aryl methyl sites for hydroxylation is 1. The summed E-state index contributed by atoms with van der Waals surface area (Å²) in [5.41, 5.74) is 3.28. The molecular weight excluding hydrogens is 290 g/mol. The molecule has 0 atom stereocenters. The van der Waals surface area contributed by atoms with Crippen LogP contribution in [-0.4, -0.2) is 54.3 Å². The van der Waals surface area contributed by atoms with Crippen LogP contribution in [0.3, 0.4) is 0 Å². The fourth-order valence-electron chi connectivity index (χ4n) is 2.90. The summed E-state index contributed by atoms with van der Waals surface area (Å²) < 4.78 is 11.4. The standard InChI is InChI=1S/C18H27N3O2/c1-13-12-19-16-14(13)11-15(18(2,3)4)17(20-16)23-10-7-21-5-8-22-9-6-21/h11-12H,5-10H2,1-4H3,(H,19,20). The number of morpholine rings is 1. The van der Waals surface area contributed by atoms with E-state index in [1.807, 2.05) is 6.20 Å². The molecule has 1 saturated heterocycles. The van der Waals surface area contributed by atoms with E-state index in [-0.39, 0.29) is 5.41 Å². The van der Waals surface area contributed by atoms with Gasteiger partial charge in [-0.05, 0) is 24.0 Å². The van der Waals surface area contributed by atoms with Crippen LogP contribution in [0.2, 0.25) is 0 Å². The highest BCUT2D eigenvalue weighted by Crippen LogP contribution is 2.33. The molecular formula is C18H27N3O2. The normalized spacial score (nSPS) is 16.9. The molecule has 2 aromatic rings. The molecule has 3 heterocycles. The van der Waals surface area contributed by atoms with Crippen molar-refractivity contribution in [1.82, 2.24) is 14.9 Å². The third kappa shape index (κ3) is 3.67. The number of fused-ring (bicyclic) bond motifs is 1. The Bertz CT molecular complexity index is 667. The molecule has 0 aromatic carbocycles. The minimum Gasteiger partial charge on any atom is -0.476 e. The van der Waals surface area contributed by atoms with Gasteiger partial charge in [-0.25, -0.2) is 0 Å². The van der Waals surface area contributed by atoms with Gasteiger partial charge in [-0.2, -0.15) is 4.98 Å². The van der Waals surface area contributed by atoms with Crippen LogP contribution in [0.5, 0.6) is 5.88 Å². The Labute approximate surface area is 138 Å². The number of hydrogen-bond donors (Lipinski definition) is 1. The second kappa shape index (κ2) is 6.49. The van der Waals surface area contributed by atoms with E-state index >= 15 is 0 Å². The number of nitrogens with one attached hydrogen (secondary N) is 1. The van der Waals surface area contributed by atoms with E-state index in [0.29, 0.717) is 6.61 Å². The summed E-state index contributed by atoms with van der Waals surface area (Å²) in [4.78, 5) is 10.3. The maximum absolute atomic E-state index is 6.07. The van der Waals surface area contributed by atoms with Gasteiger partial charge in [0.05, 0.1) is 13.2 Å². The van der Waals surface area contributed by atoms with Crippen LogP contribution in [0.4, 0.5) is 0 Å². The van der Waals surface area contributed by atoms with E-state index in [4.69, 9.17) is 14.5 Å². The van der Waals surface area contributed by atoms with Crippen LogP contribution in [0.25, 0.3) is 11.0 Å². The van der Waals surface area contributed by atoms with Crippen LogP contribution in [0, 0.1) is 6.92 Å². The van der Waals surface area contributed by atoms with E-state index < -0.39 is 0 Å². The predicted octanol–water partition coefficient (Wildman–Crippen LogP) is 2.88. The zero-order valence-electron chi connectivity index (χ0n) is 14.6. The lowest BCUT2D eigenvalue weighted by molar-refractivity contribution is 0.0319. The first-order chi connectivity index (χ1) is 10.9. The van der Waals surface area contributed by atoms with Crippen LogP contribution >= 0.6 is 0 Å². The second-order valence-electron chi connectivity index (χ2n) is 7.26. The fraction of sp³-hybridized carbons (Fsp3) is 0.611. The molecule has 1 aliphatic heterocycles. The first-order valence-corrected chi connectivity index (χ1v) is 8.37. The van der Waals surface area contributed by atoms with E-state index in [1.165, 1.54) is 10.9 Å². The van der Waals surface area contributed by atoms with Crippen molar-refractivity contribution in [2.24, 2.45) is 0 Å². The lowest BCUT2D eigenvalue weighted by atomic mass is 9.87. The Morgan fingerprint density at radius 3 is 2.74 bits per heavy atom. The molecule has 1 fully saturated rings. The minimum absolute atomic E-state index is 0.000796. The third-order valence-corrected chi connectivity index (χ3v) is 4.40. The number of hydrogen-bond acceptors (Lipinski definition) is 4. The first-order valence-electron chi connectivity index (χ1n) is 8.37. The molecule has 3 rings (SSSR count). The minimum atomic E-state index is -0.000796. The Morgan fingerprint density at radius 2 is 2.04 bits per heavy atom. The molecule has 0 spiro atoms. The number of nitrogens with zero attached hydrogens (tertiary/aromatic N) is 2. The highest BCUT2D eigenvalue weighted by Gasteiger charge is 2.22. The number of rotatable bonds is 4. The zero-order chi connectivity index (χ0) is 16.4. The lowest BCUT2D eigenvalue weighted by Gasteiger charge is -2.27. The summed E-state index contributed by atoms with van der Waals surface area (Å²) in [7, 11) is 0. The fourth-order valence-corrected chi connectivity index (χ4v) is 2.90. The maximum atomic E-state index is 6.07. The monoisotopic (exact) mass is 317 g/mol. The van der Waals surface area contributed by atoms with Crippen LogP contribution in [0.15, 0.2) is 12.3 Å². The van der Waals surface area contributed by atoms with E-state index in [2.05, 4.69) is 43.6 Å². The van der Waals surface area contributed by atoms with Gasteiger partial charge >= 0.3 is 0 Å². The van der Waals surface area contributed by atoms with E-state index in [0.717, 1.165) is 49.9 Å². The quantitative estimate of drug-likeness (QED) is 0.942. The molecule has 1 aliphatic rings. The molecule has 0 unspecified atom stereocenters. The van der Waals surface area contributed by atoms with Gasteiger partial charge in [-0.3, -0.25) is 4.90 Å². The molecule has 23 heavy (non-hydrogen) atoms. The summed E-state index contributed by atoms with van der Waals surface area (Å²) in [6.07, 6.45) is 2.00. The number of aromatic nitrogens is 2. The van der Waals surface area contributed by atoms with Crippen LogP contribution in [-0.2, 0) is 10.2 Å². The number of aromatic amines is 1. The van der Waals surface area contributed by atoms with Crippen molar-refractivity contribution in [2.45, 2.75) is 33.1 Å². The summed E-state index contributed by atoms with van der Waals surface area (Å²) in [5, 5.41) is 1.18. The Morgan fingerprint density at radius 1 is 1.30 bits per heavy atom. The van der Waals surface area contributed by atoms with Gasteiger partial charge < -0.3 is 14.5 Å². The Hall–Kier alpha value is -1.59. The molecule has 0 bridgehead atoms. The van der Waals surface area contributed by atoms with Gasteiger partial charge in [0.2, 0.25) is 5.88 Å². The molecule has 5 nitrogen and oxygen atoms in total. The number of ether oxygens (including phenoxy) is 2. The van der Waals surface area contributed by atoms with Gasteiger partial charge in [0, 0.05) is 36.8 Å². The van der Waals surface area contributed by atoms with Gasteiger partial charge in [0.25, 0.3) is 0 Å². The largest absolute Gasteiger partial charge is 0.476 e. The number of pyridine rings is 1. The molecule has 2 aromatic heterocycles. The van der Waals surface area contributed by atoms with E-state index in [9.17, 15) is 0 Å². The van der Waals surface area contributed by atoms with Crippen molar-refractivity contribution < 1.29 is 9.47 Å². The highest BCUT2D eigenvalue weighted by atomic mass is 16.5. The van der Waals surface area contributed by atoms with Gasteiger partial charge in [-0.15, -0.1) is 0 Å². The second-order valence-corrected chi connectivity index (χ2v) is 7.26. The average Bonchev–Trinajstić information content (AvgIpc) is 2.87. The number of H-pyrrole nitrogens is 1. The predicted molar refractivity (Wildman–Crippen MR) is 92.3 cm³/mol. The Balaban J connectivity index is 1.77. The van der Waals surface area contributed by atoms with Gasteiger partial charge in [0.1, 0.15) is 12.3 Å². The summed E-state index contributed by atoms with van der Waals surface area (Å²) >= 11 is 0. The molecule has 126 valence electrons. The van der Waals surface area contributed by atoms with Crippen molar-refractivity contribution in [3.8, 4) is 5.88 Å². The molecule has 0 radical (unpaired) electrons. The Kier molecular flexibility index (Phi) is 4.60. The average molecular weight is 317 g/mol. The molecule has 0 saturated carbocycles. The smallest absolute Gasteiger partial charge is 0.219 e. The highest BCUT2D eigenvalue weighted by molar-refractivity contribution is 5.81. The van der Waals surface area contributed by atoms with Crippen LogP contribution < -0.4 is 4.74 Å². The maximum Gasteiger partial charge on any atom is 0.219 e. The molecule has 1 N–H and O–H groups in total. The summed E-state index contributed by atoms with van der Waals surface area (Å²) in [6, 6.07) is 2.22. The van der Waals surface area contributed by atoms with E-state index in [1.54, 1.807) is 0 Å². The van der Waals surface area contributed by atoms with Crippen molar-refractivity contribution in [2.75, 3.05) is 39.5 Å². The topological polar surface area (TPSA) is 50.4 Å². The van der Waals surface area contributed by atoms with Crippen molar-refractivity contribution >= 4 is 11.0 Å². The summed E-state index contributed by atoms with van der Waals surface area (Å²) in [5.74, 6) is 0.750. The molecule has 0 aliphatic carbocycles. The zero-order valence-corrected chi connectivity index (χ0v) is 14.6. The molecule has 0 amide bonds. The molecule has 5 heteroatoms. The first kappa shape index (κ1) is 16.3. The van der Waals surface area contributed by atoms with Crippen molar-refractivity contribution in [1.29, 1.82) is 0 Å². The summed E-state index contributed by atoms with van der Waals surface area (Å²) in [6.45, 7) is 13.9.